The molecule has 5 rings (SSSR count). The minimum absolute atomic E-state index is 0.00985. The average molecular weight is 374 g/mol. The maximum absolute atomic E-state index is 12.6. The minimum atomic E-state index is -0.00985. The highest BCUT2D eigenvalue weighted by Crippen LogP contribution is 2.41. The fourth-order valence-corrected chi connectivity index (χ4v) is 3.77. The summed E-state index contributed by atoms with van der Waals surface area (Å²) in [5.74, 6) is 2.57. The molecule has 1 saturated carbocycles. The number of anilines is 2. The zero-order valence-corrected chi connectivity index (χ0v) is 15.8. The van der Waals surface area contributed by atoms with Gasteiger partial charge in [0, 0.05) is 17.2 Å². The topological polar surface area (TPSA) is 101 Å². The number of aromatic nitrogens is 4. The summed E-state index contributed by atoms with van der Waals surface area (Å²) < 4.78 is 0. The molecule has 0 spiro atoms. The predicted octanol–water partition coefficient (Wildman–Crippen LogP) is 2.98. The van der Waals surface area contributed by atoms with Crippen LogP contribution in [0, 0.1) is 0 Å². The lowest BCUT2D eigenvalue weighted by molar-refractivity contribution is -0.117. The number of amides is 1. The van der Waals surface area contributed by atoms with Gasteiger partial charge >= 0.3 is 0 Å². The van der Waals surface area contributed by atoms with Crippen molar-refractivity contribution in [3.8, 4) is 11.6 Å². The van der Waals surface area contributed by atoms with E-state index in [1.807, 2.05) is 30.3 Å². The molecule has 1 fully saturated rings. The Kier molecular flexibility index (Phi) is 3.89. The summed E-state index contributed by atoms with van der Waals surface area (Å²) >= 11 is 0. The molecule has 2 aromatic heterocycles. The number of aromatic amines is 1. The third-order valence-electron chi connectivity index (χ3n) is 5.43. The van der Waals surface area contributed by atoms with Crippen LogP contribution in [0.15, 0.2) is 30.3 Å². The molecule has 1 aliphatic carbocycles. The lowest BCUT2D eigenvalue weighted by Gasteiger charge is -2.17. The number of carbonyl (C=O) groups is 1. The Bertz CT molecular complexity index is 1050. The SMILES string of the molecule is CCc1[nH]c(-c2nc(N)c3c(n2)N(Cc2ccccc2)C(=O)C3)nc1C1CC1. The number of benzene rings is 1. The molecule has 142 valence electrons. The average Bonchev–Trinajstić information content (AvgIpc) is 3.38. The fourth-order valence-electron chi connectivity index (χ4n) is 3.77. The van der Waals surface area contributed by atoms with Gasteiger partial charge in [-0.3, -0.25) is 9.69 Å². The van der Waals surface area contributed by atoms with E-state index < -0.39 is 0 Å². The first-order valence-corrected chi connectivity index (χ1v) is 9.74. The summed E-state index contributed by atoms with van der Waals surface area (Å²) in [6, 6.07) is 9.88. The van der Waals surface area contributed by atoms with Crippen LogP contribution in [0.2, 0.25) is 0 Å². The minimum Gasteiger partial charge on any atom is -0.383 e. The van der Waals surface area contributed by atoms with Crippen LogP contribution in [-0.2, 0) is 24.2 Å². The molecule has 0 saturated heterocycles. The van der Waals surface area contributed by atoms with Gasteiger partial charge in [0.2, 0.25) is 5.91 Å². The summed E-state index contributed by atoms with van der Waals surface area (Å²) in [6.45, 7) is 2.58. The van der Waals surface area contributed by atoms with Crippen LogP contribution in [0.1, 0.15) is 48.2 Å². The first-order valence-electron chi connectivity index (χ1n) is 9.74. The molecule has 28 heavy (non-hydrogen) atoms. The van der Waals surface area contributed by atoms with Crippen molar-refractivity contribution in [2.75, 3.05) is 10.6 Å². The zero-order chi connectivity index (χ0) is 19.3. The number of aryl methyl sites for hydroxylation is 1. The molecule has 0 unspecified atom stereocenters. The van der Waals surface area contributed by atoms with Crippen LogP contribution in [0.25, 0.3) is 11.6 Å². The normalized spacial score (nSPS) is 15.9. The second kappa shape index (κ2) is 6.44. The van der Waals surface area contributed by atoms with Gasteiger partial charge < -0.3 is 10.7 Å². The van der Waals surface area contributed by atoms with Crippen molar-refractivity contribution in [3.05, 3.63) is 52.8 Å². The Hall–Kier alpha value is -3.22. The van der Waals surface area contributed by atoms with Crippen molar-refractivity contribution in [1.82, 2.24) is 19.9 Å². The summed E-state index contributed by atoms with van der Waals surface area (Å²) in [4.78, 5) is 31.6. The number of nitrogen functional groups attached to an aromatic ring is 1. The monoisotopic (exact) mass is 374 g/mol. The second-order valence-electron chi connectivity index (χ2n) is 7.45. The number of carbonyl (C=O) groups excluding carboxylic acids is 1. The molecular formula is C21H22N6O. The smallest absolute Gasteiger partial charge is 0.233 e. The molecule has 7 heteroatoms. The predicted molar refractivity (Wildman–Crippen MR) is 107 cm³/mol. The summed E-state index contributed by atoms with van der Waals surface area (Å²) in [7, 11) is 0. The lowest BCUT2D eigenvalue weighted by Crippen LogP contribution is -2.26. The molecular weight excluding hydrogens is 352 g/mol. The molecule has 3 aromatic rings. The van der Waals surface area contributed by atoms with E-state index in [1.54, 1.807) is 4.90 Å². The molecule has 3 N–H and O–H groups in total. The van der Waals surface area contributed by atoms with E-state index in [0.717, 1.165) is 23.4 Å². The number of fused-ring (bicyclic) bond motifs is 1. The Morgan fingerprint density at radius 2 is 1.96 bits per heavy atom. The molecule has 0 radical (unpaired) electrons. The Balaban J connectivity index is 1.54. The standard InChI is InChI=1S/C21H22N6O/c1-2-15-17(13-8-9-13)24-19(23-15)20-25-18(22)14-10-16(28)27(21(14)26-20)11-12-6-4-3-5-7-12/h3-7,13H,2,8-11H2,1H3,(H,23,24)(H2,22,25,26). The van der Waals surface area contributed by atoms with Gasteiger partial charge in [-0.05, 0) is 24.8 Å². The third-order valence-corrected chi connectivity index (χ3v) is 5.43. The van der Waals surface area contributed by atoms with Gasteiger partial charge in [-0.25, -0.2) is 15.0 Å². The molecule has 1 amide bonds. The van der Waals surface area contributed by atoms with Gasteiger partial charge in [-0.2, -0.15) is 0 Å². The zero-order valence-electron chi connectivity index (χ0n) is 15.8. The number of nitrogens with two attached hydrogens (primary N) is 1. The van der Waals surface area contributed by atoms with Gasteiger partial charge in [-0.1, -0.05) is 37.3 Å². The molecule has 0 atom stereocenters. The maximum Gasteiger partial charge on any atom is 0.233 e. The summed E-state index contributed by atoms with van der Waals surface area (Å²) in [5.41, 5.74) is 10.2. The van der Waals surface area contributed by atoms with Gasteiger partial charge in [0.1, 0.15) is 11.6 Å². The van der Waals surface area contributed by atoms with E-state index >= 15 is 0 Å². The van der Waals surface area contributed by atoms with Crippen molar-refractivity contribution in [1.29, 1.82) is 0 Å². The highest BCUT2D eigenvalue weighted by atomic mass is 16.2. The van der Waals surface area contributed by atoms with E-state index in [0.29, 0.717) is 41.3 Å². The molecule has 1 aromatic carbocycles. The van der Waals surface area contributed by atoms with Gasteiger partial charge in [0.25, 0.3) is 0 Å². The molecule has 3 heterocycles. The number of hydrogen-bond acceptors (Lipinski definition) is 5. The molecule has 1 aliphatic heterocycles. The fraction of sp³-hybridized carbons (Fsp3) is 0.333. The van der Waals surface area contributed by atoms with Gasteiger partial charge in [0.15, 0.2) is 11.6 Å². The van der Waals surface area contributed by atoms with E-state index in [4.69, 9.17) is 15.7 Å². The lowest BCUT2D eigenvalue weighted by atomic mass is 10.2. The first kappa shape index (κ1) is 16.9. The number of nitrogens with one attached hydrogen (secondary N) is 1. The Morgan fingerprint density at radius 1 is 1.18 bits per heavy atom. The largest absolute Gasteiger partial charge is 0.383 e. The number of rotatable bonds is 5. The van der Waals surface area contributed by atoms with E-state index in [2.05, 4.69) is 16.9 Å². The first-order chi connectivity index (χ1) is 13.6. The molecule has 7 nitrogen and oxygen atoms in total. The van der Waals surface area contributed by atoms with Crippen LogP contribution < -0.4 is 10.6 Å². The van der Waals surface area contributed by atoms with Crippen LogP contribution >= 0.6 is 0 Å². The van der Waals surface area contributed by atoms with Crippen LogP contribution in [0.3, 0.4) is 0 Å². The maximum atomic E-state index is 12.6. The number of nitrogens with zero attached hydrogens (tertiary/aromatic N) is 4. The summed E-state index contributed by atoms with van der Waals surface area (Å²) in [5, 5.41) is 0. The number of H-pyrrole nitrogens is 1. The van der Waals surface area contributed by atoms with E-state index in [9.17, 15) is 4.79 Å². The van der Waals surface area contributed by atoms with Crippen molar-refractivity contribution in [2.24, 2.45) is 0 Å². The Morgan fingerprint density at radius 3 is 2.68 bits per heavy atom. The molecule has 2 aliphatic rings. The number of imidazole rings is 1. The van der Waals surface area contributed by atoms with Crippen molar-refractivity contribution in [2.45, 2.75) is 45.1 Å². The van der Waals surface area contributed by atoms with Crippen LogP contribution in [0.5, 0.6) is 0 Å². The van der Waals surface area contributed by atoms with Crippen LogP contribution in [-0.4, -0.2) is 25.8 Å². The summed E-state index contributed by atoms with van der Waals surface area (Å²) in [6.07, 6.45) is 3.49. The highest BCUT2D eigenvalue weighted by Gasteiger charge is 2.33. The van der Waals surface area contributed by atoms with E-state index in [-0.39, 0.29) is 12.3 Å². The third kappa shape index (κ3) is 2.83. The highest BCUT2D eigenvalue weighted by molar-refractivity contribution is 6.01. The molecule has 0 bridgehead atoms. The van der Waals surface area contributed by atoms with Crippen LogP contribution in [0.4, 0.5) is 11.6 Å². The van der Waals surface area contributed by atoms with Gasteiger partial charge in [-0.15, -0.1) is 0 Å². The van der Waals surface area contributed by atoms with Crippen molar-refractivity contribution < 1.29 is 4.79 Å². The van der Waals surface area contributed by atoms with Crippen molar-refractivity contribution in [3.63, 3.8) is 0 Å². The van der Waals surface area contributed by atoms with Gasteiger partial charge in [0.05, 0.1) is 18.7 Å². The van der Waals surface area contributed by atoms with E-state index in [1.165, 1.54) is 12.8 Å². The second-order valence-corrected chi connectivity index (χ2v) is 7.45. The van der Waals surface area contributed by atoms with Crippen molar-refractivity contribution >= 4 is 17.5 Å². The Labute approximate surface area is 163 Å². The quantitative estimate of drug-likeness (QED) is 0.715. The number of hydrogen-bond donors (Lipinski definition) is 2.